The zero-order valence-corrected chi connectivity index (χ0v) is 14.1. The lowest BCUT2D eigenvalue weighted by atomic mass is 9.84. The Bertz CT molecular complexity index is 731. The molecule has 1 heterocycles. The summed E-state index contributed by atoms with van der Waals surface area (Å²) in [6.07, 6.45) is 6.48. The highest BCUT2D eigenvalue weighted by molar-refractivity contribution is 5.90. The Hall–Kier alpha value is -2.67. The lowest BCUT2D eigenvalue weighted by Gasteiger charge is -2.32. The van der Waals surface area contributed by atoms with E-state index in [-0.39, 0.29) is 11.5 Å². The standard InChI is InChI=1S/C17H20N3O4/c1-16(2)17(3,4)19(22)15(18(16)21)8-6-5-7-13-9-11-14(12-10-13)20(23)24/h5-12H,1-4H3/b7-5+,8-6+. The second-order valence-corrected chi connectivity index (χ2v) is 6.63. The van der Waals surface area contributed by atoms with E-state index in [1.54, 1.807) is 58.1 Å². The van der Waals surface area contributed by atoms with E-state index in [0.717, 1.165) is 15.4 Å². The van der Waals surface area contributed by atoms with Crippen molar-refractivity contribution < 1.29 is 14.9 Å². The molecule has 0 aromatic heterocycles. The Kier molecular flexibility index (Phi) is 4.48. The quantitative estimate of drug-likeness (QED) is 0.278. The molecule has 1 aromatic carbocycles. The van der Waals surface area contributed by atoms with Crippen molar-refractivity contribution in [1.82, 2.24) is 5.06 Å². The van der Waals surface area contributed by atoms with Gasteiger partial charge in [-0.2, -0.15) is 0 Å². The van der Waals surface area contributed by atoms with Gasteiger partial charge in [-0.05, 0) is 45.4 Å². The van der Waals surface area contributed by atoms with Crippen LogP contribution in [0.15, 0.2) is 42.5 Å². The first-order valence-corrected chi connectivity index (χ1v) is 7.50. The van der Waals surface area contributed by atoms with Crippen molar-refractivity contribution in [3.05, 3.63) is 63.4 Å². The van der Waals surface area contributed by atoms with Gasteiger partial charge in [0.1, 0.15) is 5.54 Å². The number of hydroxylamine groups is 3. The first-order chi connectivity index (χ1) is 11.1. The van der Waals surface area contributed by atoms with E-state index in [2.05, 4.69) is 0 Å². The summed E-state index contributed by atoms with van der Waals surface area (Å²) in [5.41, 5.74) is -0.870. The van der Waals surface area contributed by atoms with E-state index in [0.29, 0.717) is 0 Å². The maximum absolute atomic E-state index is 12.3. The van der Waals surface area contributed by atoms with Crippen LogP contribution in [0.25, 0.3) is 6.08 Å². The van der Waals surface area contributed by atoms with Gasteiger partial charge in [0.25, 0.3) is 5.69 Å². The molecule has 0 saturated carbocycles. The number of benzene rings is 1. The van der Waals surface area contributed by atoms with E-state index < -0.39 is 16.0 Å². The highest BCUT2D eigenvalue weighted by Gasteiger charge is 2.58. The molecule has 1 aromatic rings. The Morgan fingerprint density at radius 1 is 1.08 bits per heavy atom. The SMILES string of the molecule is CC1(C)N([O])C(/C=C/C=C/c2ccc([N+](=O)[O-])cc2)=[N+]([O-])C1(C)C. The molecule has 0 aliphatic carbocycles. The minimum atomic E-state index is -0.837. The van der Waals surface area contributed by atoms with E-state index >= 15 is 0 Å². The number of non-ortho nitro benzene ring substituents is 1. The zero-order chi connectivity index (χ0) is 18.1. The molecule has 0 saturated heterocycles. The van der Waals surface area contributed by atoms with E-state index in [1.165, 1.54) is 18.2 Å². The second kappa shape index (κ2) is 6.09. The van der Waals surface area contributed by atoms with Crippen LogP contribution >= 0.6 is 0 Å². The van der Waals surface area contributed by atoms with Crippen molar-refractivity contribution >= 4 is 17.6 Å². The van der Waals surface area contributed by atoms with Gasteiger partial charge >= 0.3 is 5.84 Å². The highest BCUT2D eigenvalue weighted by atomic mass is 16.6. The van der Waals surface area contributed by atoms with Gasteiger partial charge < -0.3 is 5.21 Å². The van der Waals surface area contributed by atoms with Gasteiger partial charge in [-0.25, -0.2) is 0 Å². The molecule has 0 fully saturated rings. The highest BCUT2D eigenvalue weighted by Crippen LogP contribution is 2.35. The molecule has 0 atom stereocenters. The third kappa shape index (κ3) is 2.90. The number of hydrogen-bond acceptors (Lipinski definition) is 4. The summed E-state index contributed by atoms with van der Waals surface area (Å²) in [5.74, 6) is 0.0540. The molecule has 0 amide bonds. The summed E-state index contributed by atoms with van der Waals surface area (Å²) in [6, 6.07) is 6.08. The van der Waals surface area contributed by atoms with Crippen molar-refractivity contribution in [3.8, 4) is 0 Å². The first kappa shape index (κ1) is 17.7. The van der Waals surface area contributed by atoms with Crippen LogP contribution in [0.5, 0.6) is 0 Å². The number of nitrogens with zero attached hydrogens (tertiary/aromatic N) is 3. The molecule has 1 radical (unpaired) electrons. The minimum absolute atomic E-state index is 0.0256. The van der Waals surface area contributed by atoms with Crippen LogP contribution < -0.4 is 0 Å². The fraction of sp³-hybridized carbons (Fsp3) is 0.353. The number of hydrogen-bond donors (Lipinski definition) is 0. The molecule has 7 nitrogen and oxygen atoms in total. The second-order valence-electron chi connectivity index (χ2n) is 6.63. The molecular weight excluding hydrogens is 310 g/mol. The van der Waals surface area contributed by atoms with Crippen molar-refractivity contribution in [3.63, 3.8) is 0 Å². The van der Waals surface area contributed by atoms with E-state index in [1.807, 2.05) is 0 Å². The summed E-state index contributed by atoms with van der Waals surface area (Å²) in [5, 5.41) is 36.0. The largest absolute Gasteiger partial charge is 0.714 e. The van der Waals surface area contributed by atoms with Crippen molar-refractivity contribution in [2.75, 3.05) is 0 Å². The third-order valence-corrected chi connectivity index (χ3v) is 4.68. The molecule has 0 N–H and O–H groups in total. The predicted molar refractivity (Wildman–Crippen MR) is 90.6 cm³/mol. The number of nitro benzene ring substituents is 1. The minimum Gasteiger partial charge on any atom is -0.714 e. The summed E-state index contributed by atoms with van der Waals surface area (Å²) in [4.78, 5) is 10.1. The number of allylic oxidation sites excluding steroid dienone is 2. The first-order valence-electron chi connectivity index (χ1n) is 7.50. The van der Waals surface area contributed by atoms with E-state index in [9.17, 15) is 20.5 Å². The Balaban J connectivity index is 2.14. The number of amidine groups is 1. The predicted octanol–water partition coefficient (Wildman–Crippen LogP) is 3.29. The average molecular weight is 330 g/mol. The van der Waals surface area contributed by atoms with Gasteiger partial charge in [0.15, 0.2) is 5.54 Å². The van der Waals surface area contributed by atoms with Crippen LogP contribution in [-0.4, -0.2) is 31.6 Å². The molecule has 127 valence electrons. The maximum Gasteiger partial charge on any atom is 0.309 e. The molecular formula is C17H20N3O4. The molecule has 1 aliphatic heterocycles. The Morgan fingerprint density at radius 3 is 2.08 bits per heavy atom. The maximum atomic E-state index is 12.3. The molecule has 0 unspecified atom stereocenters. The van der Waals surface area contributed by atoms with Gasteiger partial charge in [-0.1, -0.05) is 23.3 Å². The smallest absolute Gasteiger partial charge is 0.309 e. The molecule has 7 heteroatoms. The van der Waals surface area contributed by atoms with Crippen LogP contribution in [0.4, 0.5) is 5.69 Å². The van der Waals surface area contributed by atoms with Crippen LogP contribution in [0.3, 0.4) is 0 Å². The van der Waals surface area contributed by atoms with Crippen LogP contribution in [0.2, 0.25) is 0 Å². The molecule has 2 rings (SSSR count). The topological polar surface area (TPSA) is 92.4 Å². The average Bonchev–Trinajstić information content (AvgIpc) is 2.63. The van der Waals surface area contributed by atoms with Gasteiger partial charge in [-0.3, -0.25) is 14.9 Å². The van der Waals surface area contributed by atoms with Crippen LogP contribution in [0.1, 0.15) is 33.3 Å². The Morgan fingerprint density at radius 2 is 1.62 bits per heavy atom. The molecule has 0 bridgehead atoms. The summed E-state index contributed by atoms with van der Waals surface area (Å²) >= 11 is 0. The Labute approximate surface area is 140 Å². The van der Waals surface area contributed by atoms with Crippen LogP contribution in [-0.2, 0) is 5.21 Å². The monoisotopic (exact) mass is 330 g/mol. The lowest BCUT2D eigenvalue weighted by molar-refractivity contribution is -0.539. The number of rotatable bonds is 4. The van der Waals surface area contributed by atoms with Gasteiger partial charge in [-0.15, -0.1) is 0 Å². The lowest BCUT2D eigenvalue weighted by Crippen LogP contribution is -2.53. The number of nitro groups is 1. The summed E-state index contributed by atoms with van der Waals surface area (Å²) < 4.78 is 0.732. The molecule has 24 heavy (non-hydrogen) atoms. The fourth-order valence-electron chi connectivity index (χ4n) is 2.30. The van der Waals surface area contributed by atoms with Gasteiger partial charge in [0.05, 0.1) is 4.92 Å². The summed E-state index contributed by atoms with van der Waals surface area (Å²) in [6.45, 7) is 6.94. The van der Waals surface area contributed by atoms with Gasteiger partial charge in [0.2, 0.25) is 0 Å². The van der Waals surface area contributed by atoms with Crippen LogP contribution in [0, 0.1) is 15.3 Å². The van der Waals surface area contributed by atoms with E-state index in [4.69, 9.17) is 0 Å². The van der Waals surface area contributed by atoms with Crippen molar-refractivity contribution in [1.29, 1.82) is 0 Å². The molecule has 0 spiro atoms. The van der Waals surface area contributed by atoms with Gasteiger partial charge in [0, 0.05) is 23.4 Å². The van der Waals surface area contributed by atoms with Crippen molar-refractivity contribution in [2.45, 2.75) is 38.8 Å². The third-order valence-electron chi connectivity index (χ3n) is 4.68. The zero-order valence-electron chi connectivity index (χ0n) is 14.1. The fourth-order valence-corrected chi connectivity index (χ4v) is 2.30. The van der Waals surface area contributed by atoms with Crippen molar-refractivity contribution in [2.24, 2.45) is 0 Å². The molecule has 1 aliphatic rings. The summed E-state index contributed by atoms with van der Waals surface area (Å²) in [7, 11) is 0. The normalized spacial score (nSPS) is 19.6.